The van der Waals surface area contributed by atoms with Gasteiger partial charge in [0.05, 0.1) is 63.1 Å². The highest BCUT2D eigenvalue weighted by molar-refractivity contribution is 5.53. The van der Waals surface area contributed by atoms with Crippen molar-refractivity contribution in [1.82, 2.24) is 4.57 Å². The van der Waals surface area contributed by atoms with Crippen LogP contribution in [0.25, 0.3) is 0 Å². The van der Waals surface area contributed by atoms with Crippen molar-refractivity contribution in [2.75, 3.05) is 62.4 Å². The molecule has 14 nitrogen and oxygen atoms in total. The molecule has 4 N–H and O–H groups in total. The van der Waals surface area contributed by atoms with Crippen LogP contribution >= 0.6 is 0 Å². The number of aliphatic hydroxyl groups excluding tert-OH is 4. The number of aromatic nitrogens is 4. The molecule has 0 atom stereocenters. The van der Waals surface area contributed by atoms with Crippen LogP contribution in [-0.4, -0.2) is 77.6 Å². The molecule has 2 aromatic carbocycles. The summed E-state index contributed by atoms with van der Waals surface area (Å²) in [5.74, 6) is 0.777. The fourth-order valence-electron chi connectivity index (χ4n) is 5.92. The molecule has 53 heavy (non-hydrogen) atoms. The molecule has 0 bridgehead atoms. The van der Waals surface area contributed by atoms with Crippen molar-refractivity contribution in [3.8, 4) is 0 Å². The van der Waals surface area contributed by atoms with Gasteiger partial charge in [0.1, 0.15) is 23.8 Å². The first kappa shape index (κ1) is 38.8. The molecule has 5 rings (SSSR count). The SMILES string of the molecule is OCCN(CCO)c1ccc(N=Nc2ccc[n+](CCC[n+]3ccn(CCC[n+]4ccccc4N=Nc4ccc(N(CCO)CCO)cc4)c3)c2)cc1. The fraction of sp³-hybridized carbons (Fsp3) is 0.359. The number of anilines is 2. The minimum atomic E-state index is 0.0192. The first-order valence-electron chi connectivity index (χ1n) is 18.1. The number of aliphatic hydroxyl groups is 4. The molecule has 0 amide bonds. The van der Waals surface area contributed by atoms with E-state index in [0.29, 0.717) is 26.2 Å². The normalized spacial score (nSPS) is 11.5. The molecule has 0 unspecified atom stereocenters. The molecule has 0 saturated carbocycles. The Labute approximate surface area is 310 Å². The summed E-state index contributed by atoms with van der Waals surface area (Å²) >= 11 is 0. The highest BCUT2D eigenvalue weighted by Crippen LogP contribution is 2.23. The van der Waals surface area contributed by atoms with E-state index in [1.807, 2.05) is 107 Å². The smallest absolute Gasteiger partial charge is 0.350 e. The van der Waals surface area contributed by atoms with Gasteiger partial charge in [-0.1, -0.05) is 6.07 Å². The molecule has 14 heteroatoms. The maximum absolute atomic E-state index is 9.31. The minimum absolute atomic E-state index is 0.0192. The molecule has 0 radical (unpaired) electrons. The Hall–Kier alpha value is -5.41. The van der Waals surface area contributed by atoms with Crippen LogP contribution in [0.2, 0.25) is 0 Å². The molecule has 0 saturated heterocycles. The summed E-state index contributed by atoms with van der Waals surface area (Å²) in [5.41, 5.74) is 4.07. The average molecular weight is 724 g/mol. The lowest BCUT2D eigenvalue weighted by atomic mass is 10.2. The fourth-order valence-corrected chi connectivity index (χ4v) is 5.92. The van der Waals surface area contributed by atoms with E-state index in [1.165, 1.54) is 0 Å². The highest BCUT2D eigenvalue weighted by Gasteiger charge is 2.12. The third kappa shape index (κ3) is 12.4. The zero-order chi connectivity index (χ0) is 37.1. The molecule has 0 aliphatic heterocycles. The van der Waals surface area contributed by atoms with Crippen molar-refractivity contribution in [2.24, 2.45) is 20.5 Å². The van der Waals surface area contributed by atoms with Crippen LogP contribution in [0.1, 0.15) is 12.8 Å². The van der Waals surface area contributed by atoms with Gasteiger partial charge in [-0.2, -0.15) is 5.11 Å². The Bertz CT molecular complexity index is 1850. The van der Waals surface area contributed by atoms with Gasteiger partial charge in [0, 0.05) is 62.5 Å². The Balaban J connectivity index is 1.06. The van der Waals surface area contributed by atoms with Crippen LogP contribution < -0.4 is 23.5 Å². The second kappa shape index (κ2) is 21.2. The molecule has 5 aromatic rings. The summed E-state index contributed by atoms with van der Waals surface area (Å²) in [6.07, 6.45) is 14.3. The maximum atomic E-state index is 9.31. The monoisotopic (exact) mass is 723 g/mol. The molecular weight excluding hydrogens is 672 g/mol. The number of rotatable bonds is 22. The van der Waals surface area contributed by atoms with Crippen molar-refractivity contribution in [2.45, 2.75) is 39.0 Å². The zero-order valence-corrected chi connectivity index (χ0v) is 30.1. The number of aryl methyl sites for hydroxylation is 4. The Morgan fingerprint density at radius 3 is 1.74 bits per heavy atom. The third-order valence-corrected chi connectivity index (χ3v) is 8.61. The van der Waals surface area contributed by atoms with Gasteiger partial charge >= 0.3 is 5.82 Å². The summed E-state index contributed by atoms with van der Waals surface area (Å²) in [6, 6.07) is 25.0. The second-order valence-electron chi connectivity index (χ2n) is 12.4. The summed E-state index contributed by atoms with van der Waals surface area (Å²) in [5, 5.41) is 55.0. The van der Waals surface area contributed by atoms with E-state index in [9.17, 15) is 20.4 Å². The number of hydrogen-bond acceptors (Lipinski definition) is 10. The Morgan fingerprint density at radius 2 is 1.11 bits per heavy atom. The number of pyridine rings is 2. The largest absolute Gasteiger partial charge is 0.395 e. The van der Waals surface area contributed by atoms with Gasteiger partial charge in [-0.05, 0) is 65.8 Å². The summed E-state index contributed by atoms with van der Waals surface area (Å²) in [7, 11) is 0. The van der Waals surface area contributed by atoms with E-state index >= 15 is 0 Å². The maximum Gasteiger partial charge on any atom is 0.350 e. The third-order valence-electron chi connectivity index (χ3n) is 8.61. The van der Waals surface area contributed by atoms with E-state index in [4.69, 9.17) is 0 Å². The van der Waals surface area contributed by atoms with E-state index in [0.717, 1.165) is 73.3 Å². The van der Waals surface area contributed by atoms with Gasteiger partial charge in [-0.25, -0.2) is 18.3 Å². The molecular formula is C39H51N10O4+3. The molecule has 278 valence electrons. The lowest BCUT2D eigenvalue weighted by Gasteiger charge is -2.22. The van der Waals surface area contributed by atoms with Crippen LogP contribution in [0.4, 0.5) is 34.3 Å². The van der Waals surface area contributed by atoms with Gasteiger partial charge in [0.25, 0.3) is 0 Å². The molecule has 3 aromatic heterocycles. The predicted molar refractivity (Wildman–Crippen MR) is 201 cm³/mol. The average Bonchev–Trinajstić information content (AvgIpc) is 3.64. The predicted octanol–water partition coefficient (Wildman–Crippen LogP) is 3.94. The zero-order valence-electron chi connectivity index (χ0n) is 30.1. The van der Waals surface area contributed by atoms with Crippen LogP contribution in [0.15, 0.2) is 137 Å². The van der Waals surface area contributed by atoms with Gasteiger partial charge < -0.3 is 30.2 Å². The summed E-state index contributed by atoms with van der Waals surface area (Å²) in [6.45, 7) is 5.32. The van der Waals surface area contributed by atoms with Crippen molar-refractivity contribution in [3.63, 3.8) is 0 Å². The van der Waals surface area contributed by atoms with Gasteiger partial charge in [0.2, 0.25) is 6.33 Å². The second-order valence-corrected chi connectivity index (χ2v) is 12.4. The van der Waals surface area contributed by atoms with Crippen LogP contribution in [0.5, 0.6) is 0 Å². The summed E-state index contributed by atoms with van der Waals surface area (Å²) < 4.78 is 8.65. The van der Waals surface area contributed by atoms with Crippen LogP contribution in [0.3, 0.4) is 0 Å². The minimum Gasteiger partial charge on any atom is -0.395 e. The van der Waals surface area contributed by atoms with Crippen LogP contribution in [-0.2, 0) is 26.2 Å². The number of nitrogens with zero attached hydrogens (tertiary/aromatic N) is 10. The summed E-state index contributed by atoms with van der Waals surface area (Å²) in [4.78, 5) is 3.85. The number of hydrogen-bond donors (Lipinski definition) is 4. The molecule has 3 heterocycles. The highest BCUT2D eigenvalue weighted by atomic mass is 16.3. The van der Waals surface area contributed by atoms with Gasteiger partial charge in [-0.15, -0.1) is 5.11 Å². The molecule has 0 spiro atoms. The van der Waals surface area contributed by atoms with Gasteiger partial charge in [0.15, 0.2) is 18.9 Å². The number of benzene rings is 2. The quantitative estimate of drug-likeness (QED) is 0.0627. The molecule has 0 aliphatic rings. The van der Waals surface area contributed by atoms with Gasteiger partial charge in [-0.3, -0.25) is 0 Å². The van der Waals surface area contributed by atoms with E-state index in [-0.39, 0.29) is 26.4 Å². The molecule has 0 fully saturated rings. The van der Waals surface area contributed by atoms with Crippen molar-refractivity contribution in [3.05, 3.63) is 116 Å². The Kier molecular flexibility index (Phi) is 15.5. The topological polar surface area (TPSA) is 153 Å². The van der Waals surface area contributed by atoms with Crippen molar-refractivity contribution in [1.29, 1.82) is 0 Å². The first-order chi connectivity index (χ1) is 26.1. The standard InChI is InChI=1S/C39H51N10O4/c50-28-24-47(25-29-51)37-12-8-34(9-13-37)40-42-36-6-3-16-44(32-36)17-4-18-45-22-23-46(33-45)19-5-21-49-20-2-1-7-39(49)43-41-35-10-14-38(15-11-35)48(26-30-52)27-31-53/h1-3,6-16,20,22-23,32-33,50-53H,4-5,17-19,21,24-31H2/q+3. The number of imidazole rings is 1. The number of azo groups is 2. The van der Waals surface area contributed by atoms with Crippen LogP contribution in [0, 0.1) is 0 Å². The van der Waals surface area contributed by atoms with Crippen molar-refractivity contribution >= 4 is 34.3 Å². The van der Waals surface area contributed by atoms with Crippen molar-refractivity contribution < 1.29 is 34.1 Å². The van der Waals surface area contributed by atoms with E-state index < -0.39 is 0 Å². The first-order valence-corrected chi connectivity index (χ1v) is 18.1. The lowest BCUT2D eigenvalue weighted by molar-refractivity contribution is -0.726. The lowest BCUT2D eigenvalue weighted by Crippen LogP contribution is -2.37. The Morgan fingerprint density at radius 1 is 0.528 bits per heavy atom. The van der Waals surface area contributed by atoms with E-state index in [2.05, 4.69) is 57.4 Å². The molecule has 0 aliphatic carbocycles. The van der Waals surface area contributed by atoms with E-state index in [1.54, 1.807) is 0 Å².